The van der Waals surface area contributed by atoms with Gasteiger partial charge in [0.25, 0.3) is 5.91 Å². The number of amides is 1. The molecule has 128 valence electrons. The monoisotopic (exact) mass is 335 g/mol. The van der Waals surface area contributed by atoms with E-state index in [1.54, 1.807) is 12.1 Å². The summed E-state index contributed by atoms with van der Waals surface area (Å²) in [6, 6.07) is 21.3. The van der Waals surface area contributed by atoms with E-state index in [9.17, 15) is 9.90 Å². The van der Waals surface area contributed by atoms with Crippen LogP contribution in [0.1, 0.15) is 22.0 Å². The predicted molar refractivity (Wildman–Crippen MR) is 99.9 cm³/mol. The van der Waals surface area contributed by atoms with Gasteiger partial charge in [0, 0.05) is 5.56 Å². The summed E-state index contributed by atoms with van der Waals surface area (Å²) < 4.78 is 0. The average Bonchev–Trinajstić information content (AvgIpc) is 2.61. The van der Waals surface area contributed by atoms with Crippen molar-refractivity contribution in [3.05, 3.63) is 77.9 Å². The normalized spacial score (nSPS) is 12.3. The highest BCUT2D eigenvalue weighted by atomic mass is 16.3. The van der Waals surface area contributed by atoms with E-state index in [4.69, 9.17) is 0 Å². The maximum atomic E-state index is 12.6. The molecule has 0 saturated heterocycles. The van der Waals surface area contributed by atoms with E-state index < -0.39 is 0 Å². The number of quaternary nitrogens is 1. The van der Waals surface area contributed by atoms with Crippen LogP contribution < -0.4 is 10.2 Å². The number of benzene rings is 3. The van der Waals surface area contributed by atoms with Crippen molar-refractivity contribution in [1.29, 1.82) is 0 Å². The molecule has 0 aliphatic rings. The van der Waals surface area contributed by atoms with Crippen LogP contribution in [0.3, 0.4) is 0 Å². The molecule has 0 bridgehead atoms. The molecule has 0 fully saturated rings. The topological polar surface area (TPSA) is 53.8 Å². The van der Waals surface area contributed by atoms with Crippen LogP contribution in [-0.2, 0) is 0 Å². The number of hydrogen-bond acceptors (Lipinski definition) is 2. The minimum Gasteiger partial charge on any atom is -0.507 e. The van der Waals surface area contributed by atoms with E-state index in [1.807, 2.05) is 42.5 Å². The Morgan fingerprint density at radius 2 is 1.60 bits per heavy atom. The Hall–Kier alpha value is -2.85. The van der Waals surface area contributed by atoms with Gasteiger partial charge in [-0.3, -0.25) is 4.79 Å². The summed E-state index contributed by atoms with van der Waals surface area (Å²) in [5.74, 6) is -0.255. The fraction of sp³-hybridized carbons (Fsp3) is 0.190. The summed E-state index contributed by atoms with van der Waals surface area (Å²) in [5.41, 5.74) is 1.48. The maximum Gasteiger partial charge on any atom is 0.255 e. The summed E-state index contributed by atoms with van der Waals surface area (Å²) >= 11 is 0. The second-order valence-electron chi connectivity index (χ2n) is 6.47. The SMILES string of the molecule is C[NH+](C)[C@H](CNC(=O)c1cc2ccccc2cc1O)c1ccccc1. The van der Waals surface area contributed by atoms with E-state index >= 15 is 0 Å². The number of phenolic OH excluding ortho intramolecular Hbond substituents is 1. The molecule has 25 heavy (non-hydrogen) atoms. The Morgan fingerprint density at radius 1 is 1.00 bits per heavy atom. The van der Waals surface area contributed by atoms with Crippen molar-refractivity contribution in [2.24, 2.45) is 0 Å². The average molecular weight is 335 g/mol. The second kappa shape index (κ2) is 7.36. The van der Waals surface area contributed by atoms with E-state index in [2.05, 4.69) is 31.5 Å². The second-order valence-corrected chi connectivity index (χ2v) is 6.47. The maximum absolute atomic E-state index is 12.6. The highest BCUT2D eigenvalue weighted by molar-refractivity contribution is 6.01. The number of hydrogen-bond donors (Lipinski definition) is 3. The molecule has 4 heteroatoms. The third-order valence-electron chi connectivity index (χ3n) is 4.47. The fourth-order valence-corrected chi connectivity index (χ4v) is 3.04. The van der Waals surface area contributed by atoms with Crippen LogP contribution in [0.15, 0.2) is 66.7 Å². The first-order valence-corrected chi connectivity index (χ1v) is 8.41. The van der Waals surface area contributed by atoms with Gasteiger partial charge >= 0.3 is 0 Å². The number of phenols is 1. The van der Waals surface area contributed by atoms with Gasteiger partial charge in [-0.15, -0.1) is 0 Å². The van der Waals surface area contributed by atoms with Crippen LogP contribution in [-0.4, -0.2) is 31.7 Å². The fourth-order valence-electron chi connectivity index (χ4n) is 3.04. The van der Waals surface area contributed by atoms with Crippen molar-refractivity contribution in [2.75, 3.05) is 20.6 Å². The molecule has 3 aromatic carbocycles. The van der Waals surface area contributed by atoms with Crippen LogP contribution in [0, 0.1) is 0 Å². The van der Waals surface area contributed by atoms with Crippen molar-refractivity contribution in [3.63, 3.8) is 0 Å². The molecule has 0 saturated carbocycles. The molecule has 1 amide bonds. The molecule has 0 radical (unpaired) electrons. The van der Waals surface area contributed by atoms with Crippen LogP contribution in [0.4, 0.5) is 0 Å². The zero-order chi connectivity index (χ0) is 17.8. The van der Waals surface area contributed by atoms with Crippen LogP contribution in [0.2, 0.25) is 0 Å². The summed E-state index contributed by atoms with van der Waals surface area (Å²) in [6.45, 7) is 0.497. The lowest BCUT2D eigenvalue weighted by atomic mass is 10.0. The molecule has 0 unspecified atom stereocenters. The molecule has 3 rings (SSSR count). The largest absolute Gasteiger partial charge is 0.507 e. The first-order chi connectivity index (χ1) is 12.1. The molecule has 3 aromatic rings. The number of nitrogens with one attached hydrogen (secondary N) is 2. The molecule has 0 aromatic heterocycles. The molecular weight excluding hydrogens is 312 g/mol. The van der Waals surface area contributed by atoms with Gasteiger partial charge in [-0.2, -0.15) is 0 Å². The van der Waals surface area contributed by atoms with Gasteiger partial charge in [0.2, 0.25) is 0 Å². The van der Waals surface area contributed by atoms with Gasteiger partial charge in [-0.25, -0.2) is 0 Å². The van der Waals surface area contributed by atoms with Gasteiger partial charge in [0.05, 0.1) is 26.2 Å². The highest BCUT2D eigenvalue weighted by Gasteiger charge is 2.20. The van der Waals surface area contributed by atoms with Crippen molar-refractivity contribution < 1.29 is 14.8 Å². The van der Waals surface area contributed by atoms with Crippen molar-refractivity contribution in [1.82, 2.24) is 5.32 Å². The third kappa shape index (κ3) is 3.80. The quantitative estimate of drug-likeness (QED) is 0.669. The first kappa shape index (κ1) is 17.0. The molecule has 4 nitrogen and oxygen atoms in total. The standard InChI is InChI=1S/C21H22N2O2/c1-23(2)19(15-8-4-3-5-9-15)14-22-21(25)18-12-16-10-6-7-11-17(16)13-20(18)24/h3-13,19,24H,14H2,1-2H3,(H,22,25)/p+1/t19-/m1/s1. The van der Waals surface area contributed by atoms with Gasteiger partial charge < -0.3 is 15.3 Å². The Morgan fingerprint density at radius 3 is 2.24 bits per heavy atom. The lowest BCUT2D eigenvalue weighted by molar-refractivity contribution is -0.890. The smallest absolute Gasteiger partial charge is 0.255 e. The summed E-state index contributed by atoms with van der Waals surface area (Å²) in [5, 5.41) is 15.0. The van der Waals surface area contributed by atoms with E-state index in [-0.39, 0.29) is 17.7 Å². The summed E-state index contributed by atoms with van der Waals surface area (Å²) in [6.07, 6.45) is 0. The lowest BCUT2D eigenvalue weighted by Crippen LogP contribution is -3.07. The number of rotatable bonds is 5. The third-order valence-corrected chi connectivity index (χ3v) is 4.47. The molecule has 0 aliphatic heterocycles. The Balaban J connectivity index is 1.79. The lowest BCUT2D eigenvalue weighted by Gasteiger charge is -2.22. The Kier molecular flexibility index (Phi) is 5.00. The van der Waals surface area contributed by atoms with Crippen LogP contribution in [0.25, 0.3) is 10.8 Å². The number of carbonyl (C=O) groups is 1. The van der Waals surface area contributed by atoms with Gasteiger partial charge in [0.1, 0.15) is 11.8 Å². The van der Waals surface area contributed by atoms with E-state index in [0.717, 1.165) is 10.8 Å². The van der Waals surface area contributed by atoms with Crippen LogP contribution in [0.5, 0.6) is 5.75 Å². The molecule has 0 aliphatic carbocycles. The molecule has 0 heterocycles. The van der Waals surface area contributed by atoms with Gasteiger partial charge in [0.15, 0.2) is 0 Å². The van der Waals surface area contributed by atoms with Crippen molar-refractivity contribution in [2.45, 2.75) is 6.04 Å². The summed E-state index contributed by atoms with van der Waals surface area (Å²) in [4.78, 5) is 13.8. The predicted octanol–water partition coefficient (Wildman–Crippen LogP) is 2.16. The van der Waals surface area contributed by atoms with Gasteiger partial charge in [-0.1, -0.05) is 54.6 Å². The molecule has 0 spiro atoms. The number of carbonyl (C=O) groups excluding carboxylic acids is 1. The Bertz CT molecular complexity index is 875. The number of fused-ring (bicyclic) bond motifs is 1. The summed E-state index contributed by atoms with van der Waals surface area (Å²) in [7, 11) is 4.13. The molecule has 3 N–H and O–H groups in total. The molecule has 1 atom stereocenters. The Labute approximate surface area is 147 Å². The van der Waals surface area contributed by atoms with E-state index in [1.165, 1.54) is 10.5 Å². The van der Waals surface area contributed by atoms with Crippen molar-refractivity contribution >= 4 is 16.7 Å². The minimum atomic E-state index is -0.259. The van der Waals surface area contributed by atoms with E-state index in [0.29, 0.717) is 12.1 Å². The van der Waals surface area contributed by atoms with Gasteiger partial charge in [-0.05, 0) is 22.9 Å². The number of aromatic hydroxyl groups is 1. The van der Waals surface area contributed by atoms with Crippen LogP contribution >= 0.6 is 0 Å². The van der Waals surface area contributed by atoms with Crippen molar-refractivity contribution in [3.8, 4) is 5.75 Å². The zero-order valence-corrected chi connectivity index (χ0v) is 14.5. The first-order valence-electron chi connectivity index (χ1n) is 8.41. The highest BCUT2D eigenvalue weighted by Crippen LogP contribution is 2.25. The number of likely N-dealkylation sites (N-methyl/N-ethyl adjacent to an activating group) is 1. The zero-order valence-electron chi connectivity index (χ0n) is 14.5. The minimum absolute atomic E-state index is 0.00432. The molecular formula is C21H23N2O2+.